The average molecular weight is 421 g/mol. The van der Waals surface area contributed by atoms with Crippen molar-refractivity contribution in [1.82, 2.24) is 5.32 Å². The Balaban J connectivity index is 1.48. The minimum Gasteiger partial charge on any atom is -0.489 e. The van der Waals surface area contributed by atoms with Crippen LogP contribution in [0.1, 0.15) is 23.1 Å². The van der Waals surface area contributed by atoms with Crippen molar-refractivity contribution in [3.8, 4) is 5.75 Å². The van der Waals surface area contributed by atoms with E-state index in [1.54, 1.807) is 0 Å². The molecule has 0 aliphatic carbocycles. The monoisotopic (exact) mass is 420 g/mol. The highest BCUT2D eigenvalue weighted by atomic mass is 35.5. The molecule has 0 bridgehead atoms. The Bertz CT molecular complexity index is 1010. The van der Waals surface area contributed by atoms with Crippen molar-refractivity contribution >= 4 is 23.2 Å². The number of nitrogens with zero attached hydrogens (tertiary/aromatic N) is 1. The number of halogens is 1. The molecule has 3 aromatic carbocycles. The molecular weight excluding hydrogens is 396 g/mol. The Morgan fingerprint density at radius 2 is 1.83 bits per heavy atom. The molecule has 1 heterocycles. The number of carbonyl (C=O) groups is 1. The number of aryl methyl sites for hydroxylation is 1. The Morgan fingerprint density at radius 3 is 2.60 bits per heavy atom. The number of rotatable bonds is 6. The summed E-state index contributed by atoms with van der Waals surface area (Å²) in [7, 11) is 0. The van der Waals surface area contributed by atoms with Gasteiger partial charge in [0.1, 0.15) is 12.4 Å². The fraction of sp³-hybridized carbons (Fsp3) is 0.240. The summed E-state index contributed by atoms with van der Waals surface area (Å²) in [6.45, 7) is 3.72. The largest absolute Gasteiger partial charge is 0.489 e. The predicted octanol–water partition coefficient (Wildman–Crippen LogP) is 5.12. The lowest BCUT2D eigenvalue weighted by atomic mass is 10.1. The molecule has 4 rings (SSSR count). The van der Waals surface area contributed by atoms with Gasteiger partial charge in [0, 0.05) is 18.1 Å². The molecule has 0 aromatic heterocycles. The SMILES string of the molecule is Cc1ccc(CNC(=O)CC2COc3ccc(Cl)cc3N2Cc2ccccc2)cc1. The lowest BCUT2D eigenvalue weighted by Gasteiger charge is -2.38. The van der Waals surface area contributed by atoms with Crippen molar-refractivity contribution in [2.75, 3.05) is 11.5 Å². The molecule has 0 spiro atoms. The van der Waals surface area contributed by atoms with Gasteiger partial charge in [-0.3, -0.25) is 4.79 Å². The van der Waals surface area contributed by atoms with Gasteiger partial charge >= 0.3 is 0 Å². The Hall–Kier alpha value is -2.98. The van der Waals surface area contributed by atoms with Gasteiger partial charge < -0.3 is 15.0 Å². The van der Waals surface area contributed by atoms with Crippen LogP contribution in [0, 0.1) is 6.92 Å². The van der Waals surface area contributed by atoms with Crippen LogP contribution >= 0.6 is 11.6 Å². The molecule has 0 radical (unpaired) electrons. The zero-order valence-corrected chi connectivity index (χ0v) is 17.7. The van der Waals surface area contributed by atoms with Gasteiger partial charge in [0.15, 0.2) is 0 Å². The van der Waals surface area contributed by atoms with Gasteiger partial charge in [0.2, 0.25) is 5.91 Å². The Labute approximate surface area is 182 Å². The van der Waals surface area contributed by atoms with Gasteiger partial charge in [-0.2, -0.15) is 0 Å². The highest BCUT2D eigenvalue weighted by Crippen LogP contribution is 2.37. The Morgan fingerprint density at radius 1 is 1.07 bits per heavy atom. The van der Waals surface area contributed by atoms with E-state index in [4.69, 9.17) is 16.3 Å². The maximum absolute atomic E-state index is 12.7. The molecule has 4 nitrogen and oxygen atoms in total. The van der Waals surface area contributed by atoms with Crippen molar-refractivity contribution in [2.24, 2.45) is 0 Å². The Kier molecular flexibility index (Phi) is 6.24. The van der Waals surface area contributed by atoms with E-state index in [0.717, 1.165) is 17.0 Å². The number of anilines is 1. The van der Waals surface area contributed by atoms with Gasteiger partial charge in [0.05, 0.1) is 18.2 Å². The molecule has 1 atom stereocenters. The first-order chi connectivity index (χ1) is 14.6. The molecule has 0 saturated carbocycles. The standard InChI is InChI=1S/C25H25ClN2O2/c1-18-7-9-19(10-8-18)15-27-25(29)14-22-17-30-24-12-11-21(26)13-23(24)28(22)16-20-5-3-2-4-6-20/h2-13,22H,14-17H2,1H3,(H,27,29). The molecule has 1 N–H and O–H groups in total. The van der Waals surface area contributed by atoms with Crippen LogP contribution in [-0.2, 0) is 17.9 Å². The summed E-state index contributed by atoms with van der Waals surface area (Å²) in [4.78, 5) is 14.9. The van der Waals surface area contributed by atoms with Crippen molar-refractivity contribution in [2.45, 2.75) is 32.5 Å². The quantitative estimate of drug-likeness (QED) is 0.601. The van der Waals surface area contributed by atoms with Crippen LogP contribution in [0.25, 0.3) is 0 Å². The molecule has 30 heavy (non-hydrogen) atoms. The normalized spacial score (nSPS) is 15.3. The first-order valence-electron chi connectivity index (χ1n) is 10.1. The molecule has 5 heteroatoms. The van der Waals surface area contributed by atoms with Crippen LogP contribution in [0.5, 0.6) is 5.75 Å². The number of nitrogens with one attached hydrogen (secondary N) is 1. The van der Waals surface area contributed by atoms with Gasteiger partial charge in [-0.25, -0.2) is 0 Å². The second-order valence-electron chi connectivity index (χ2n) is 7.66. The van der Waals surface area contributed by atoms with Gasteiger partial charge in [0.25, 0.3) is 0 Å². The minimum absolute atomic E-state index is 0.00714. The zero-order valence-electron chi connectivity index (χ0n) is 17.0. The summed E-state index contributed by atoms with van der Waals surface area (Å²) >= 11 is 6.27. The van der Waals surface area contributed by atoms with E-state index in [9.17, 15) is 4.79 Å². The molecule has 1 unspecified atom stereocenters. The molecule has 1 aliphatic rings. The lowest BCUT2D eigenvalue weighted by molar-refractivity contribution is -0.121. The van der Waals surface area contributed by atoms with E-state index >= 15 is 0 Å². The van der Waals surface area contributed by atoms with Crippen LogP contribution in [0.15, 0.2) is 72.8 Å². The van der Waals surface area contributed by atoms with Gasteiger partial charge in [-0.1, -0.05) is 71.8 Å². The zero-order chi connectivity index (χ0) is 20.9. The summed E-state index contributed by atoms with van der Waals surface area (Å²) < 4.78 is 5.96. The van der Waals surface area contributed by atoms with Crippen molar-refractivity contribution < 1.29 is 9.53 Å². The fourth-order valence-electron chi connectivity index (χ4n) is 3.67. The topological polar surface area (TPSA) is 41.6 Å². The molecule has 0 saturated heterocycles. The van der Waals surface area contributed by atoms with Crippen LogP contribution < -0.4 is 15.0 Å². The third-order valence-electron chi connectivity index (χ3n) is 5.33. The summed E-state index contributed by atoms with van der Waals surface area (Å²) in [5, 5.41) is 3.69. The highest BCUT2D eigenvalue weighted by Gasteiger charge is 2.29. The van der Waals surface area contributed by atoms with Gasteiger partial charge in [-0.15, -0.1) is 0 Å². The second-order valence-corrected chi connectivity index (χ2v) is 8.09. The molecule has 1 amide bonds. The van der Waals surface area contributed by atoms with Crippen molar-refractivity contribution in [3.63, 3.8) is 0 Å². The summed E-state index contributed by atoms with van der Waals surface area (Å²) in [5.74, 6) is 0.805. The third-order valence-corrected chi connectivity index (χ3v) is 5.56. The van der Waals surface area contributed by atoms with Crippen LogP contribution in [0.3, 0.4) is 0 Å². The van der Waals surface area contributed by atoms with Crippen LogP contribution in [0.2, 0.25) is 5.02 Å². The predicted molar refractivity (Wildman–Crippen MR) is 121 cm³/mol. The second kappa shape index (κ2) is 9.23. The highest BCUT2D eigenvalue weighted by molar-refractivity contribution is 6.31. The van der Waals surface area contributed by atoms with Crippen LogP contribution in [-0.4, -0.2) is 18.6 Å². The summed E-state index contributed by atoms with van der Waals surface area (Å²) in [6, 6.07) is 24.0. The molecule has 1 aliphatic heterocycles. The molecular formula is C25H25ClN2O2. The number of hydrogen-bond donors (Lipinski definition) is 1. The first-order valence-corrected chi connectivity index (χ1v) is 10.5. The van der Waals surface area contributed by atoms with Crippen molar-refractivity contribution in [1.29, 1.82) is 0 Å². The van der Waals surface area contributed by atoms with Crippen LogP contribution in [0.4, 0.5) is 5.69 Å². The number of fused-ring (bicyclic) bond motifs is 1. The van der Waals surface area contributed by atoms with E-state index in [2.05, 4.69) is 41.4 Å². The van der Waals surface area contributed by atoms with E-state index in [0.29, 0.717) is 31.1 Å². The number of hydrogen-bond acceptors (Lipinski definition) is 3. The first kappa shape index (κ1) is 20.3. The summed E-state index contributed by atoms with van der Waals surface area (Å²) in [6.07, 6.45) is 0.352. The number of carbonyl (C=O) groups excluding carboxylic acids is 1. The third kappa shape index (κ3) is 4.95. The maximum atomic E-state index is 12.7. The average Bonchev–Trinajstić information content (AvgIpc) is 2.76. The molecule has 0 fully saturated rings. The van der Waals surface area contributed by atoms with Gasteiger partial charge in [-0.05, 0) is 36.2 Å². The smallest absolute Gasteiger partial charge is 0.222 e. The van der Waals surface area contributed by atoms with Crippen molar-refractivity contribution in [3.05, 3.63) is 94.5 Å². The van der Waals surface area contributed by atoms with E-state index < -0.39 is 0 Å². The maximum Gasteiger partial charge on any atom is 0.222 e. The summed E-state index contributed by atoms with van der Waals surface area (Å²) in [5.41, 5.74) is 4.40. The van der Waals surface area contributed by atoms with E-state index in [1.807, 2.05) is 48.5 Å². The number of amides is 1. The lowest BCUT2D eigenvalue weighted by Crippen LogP contribution is -2.45. The number of ether oxygens (including phenoxy) is 1. The molecule has 3 aromatic rings. The minimum atomic E-state index is -0.0748. The van der Waals surface area contributed by atoms with E-state index in [-0.39, 0.29) is 11.9 Å². The van der Waals surface area contributed by atoms with E-state index in [1.165, 1.54) is 11.1 Å². The fourth-order valence-corrected chi connectivity index (χ4v) is 3.83. The number of benzene rings is 3. The molecule has 154 valence electrons.